The molecule has 1 spiro atoms. The first-order chi connectivity index (χ1) is 21.4. The minimum atomic E-state index is -0.465. The number of carbonyl (C=O) groups excluding carboxylic acids is 3. The van der Waals surface area contributed by atoms with Gasteiger partial charge in [-0.15, -0.1) is 0 Å². The lowest BCUT2D eigenvalue weighted by Gasteiger charge is -2.39. The van der Waals surface area contributed by atoms with Crippen molar-refractivity contribution in [2.45, 2.75) is 115 Å². The number of benzene rings is 1. The third kappa shape index (κ3) is 11.1. The molecule has 2 amide bonds. The Labute approximate surface area is 266 Å². The zero-order chi connectivity index (χ0) is 32.6. The average molecular weight is 624 g/mol. The Morgan fingerprint density at radius 3 is 2.53 bits per heavy atom. The molecule has 0 bridgehead atoms. The molecule has 1 unspecified atom stereocenters. The number of esters is 1. The summed E-state index contributed by atoms with van der Waals surface area (Å²) < 4.78 is 23.5. The van der Waals surface area contributed by atoms with Crippen LogP contribution in [0.5, 0.6) is 0 Å². The number of carbonyl (C=O) groups is 3. The average Bonchev–Trinajstić information content (AvgIpc) is 3.72. The number of hydrogen-bond donors (Lipinski definition) is 3. The highest BCUT2D eigenvalue weighted by Gasteiger charge is 2.51. The van der Waals surface area contributed by atoms with Crippen molar-refractivity contribution in [1.82, 2.24) is 10.6 Å². The van der Waals surface area contributed by atoms with Crippen LogP contribution in [-0.4, -0.2) is 66.6 Å². The van der Waals surface area contributed by atoms with Crippen LogP contribution in [0.25, 0.3) is 0 Å². The Morgan fingerprint density at radius 1 is 1.11 bits per heavy atom. The van der Waals surface area contributed by atoms with E-state index in [2.05, 4.69) is 42.7 Å². The van der Waals surface area contributed by atoms with Crippen LogP contribution in [-0.2, 0) is 39.9 Å². The van der Waals surface area contributed by atoms with Crippen LogP contribution in [0.4, 0.5) is 5.69 Å². The lowest BCUT2D eigenvalue weighted by atomic mass is 9.88. The summed E-state index contributed by atoms with van der Waals surface area (Å²) >= 11 is 0. The SMILES string of the molecule is CC(=O)OC(C)C=CC(=O)N[C@@H]1C[C@H](C)[C@H](C/C=C(C)/C=C/[C@@H]2C[C@]3(CO3)C[C@@H](CC(=O)NCc3ccc(N)cc3)O2)O[C@@H]1C. The molecule has 3 aliphatic heterocycles. The van der Waals surface area contributed by atoms with Crippen molar-refractivity contribution >= 4 is 23.5 Å². The highest BCUT2D eigenvalue weighted by atomic mass is 16.6. The third-order valence-corrected chi connectivity index (χ3v) is 8.64. The van der Waals surface area contributed by atoms with Gasteiger partial charge in [0.15, 0.2) is 0 Å². The molecular weight excluding hydrogens is 574 g/mol. The predicted molar refractivity (Wildman–Crippen MR) is 172 cm³/mol. The molecule has 4 N–H and O–H groups in total. The van der Waals surface area contributed by atoms with Crippen LogP contribution < -0.4 is 16.4 Å². The Bertz CT molecular complexity index is 1270. The van der Waals surface area contributed by atoms with E-state index in [1.807, 2.05) is 31.2 Å². The Hall–Kier alpha value is -3.47. The van der Waals surface area contributed by atoms with E-state index in [9.17, 15) is 14.4 Å². The first kappa shape index (κ1) is 34.4. The van der Waals surface area contributed by atoms with Gasteiger partial charge in [0.05, 0.1) is 49.1 Å². The topological polar surface area (TPSA) is 142 Å². The zero-order valence-corrected chi connectivity index (χ0v) is 27.1. The number of nitrogens with two attached hydrogens (primary N) is 1. The van der Waals surface area contributed by atoms with Crippen molar-refractivity contribution in [3.63, 3.8) is 0 Å². The highest BCUT2D eigenvalue weighted by molar-refractivity contribution is 5.87. The van der Waals surface area contributed by atoms with Gasteiger partial charge in [-0.1, -0.05) is 42.9 Å². The molecular formula is C35H49N3O7. The van der Waals surface area contributed by atoms with Crippen LogP contribution >= 0.6 is 0 Å². The minimum absolute atomic E-state index is 0.0428. The van der Waals surface area contributed by atoms with Crippen LogP contribution in [0.3, 0.4) is 0 Å². The number of nitrogen functional groups attached to an aromatic ring is 1. The Kier molecular flexibility index (Phi) is 12.0. The lowest BCUT2D eigenvalue weighted by molar-refractivity contribution is -0.143. The molecule has 3 aliphatic rings. The number of nitrogens with one attached hydrogen (secondary N) is 2. The fourth-order valence-electron chi connectivity index (χ4n) is 5.99. The zero-order valence-electron chi connectivity index (χ0n) is 27.1. The van der Waals surface area contributed by atoms with E-state index < -0.39 is 6.10 Å². The van der Waals surface area contributed by atoms with Crippen LogP contribution in [0.2, 0.25) is 0 Å². The number of rotatable bonds is 12. The molecule has 10 heteroatoms. The maximum absolute atomic E-state index is 12.7. The molecule has 0 saturated carbocycles. The molecule has 45 heavy (non-hydrogen) atoms. The van der Waals surface area contributed by atoms with E-state index in [0.717, 1.165) is 36.8 Å². The van der Waals surface area contributed by atoms with Gasteiger partial charge in [0.2, 0.25) is 11.8 Å². The second-order valence-electron chi connectivity index (χ2n) is 12.8. The summed E-state index contributed by atoms with van der Waals surface area (Å²) in [6.07, 6.45) is 11.8. The number of amides is 2. The monoisotopic (exact) mass is 623 g/mol. The molecule has 0 aromatic heterocycles. The number of epoxide rings is 1. The van der Waals surface area contributed by atoms with Gasteiger partial charge < -0.3 is 35.3 Å². The summed E-state index contributed by atoms with van der Waals surface area (Å²) in [7, 11) is 0. The molecule has 3 heterocycles. The molecule has 3 fully saturated rings. The highest BCUT2D eigenvalue weighted by Crippen LogP contribution is 2.43. The van der Waals surface area contributed by atoms with E-state index >= 15 is 0 Å². The summed E-state index contributed by atoms with van der Waals surface area (Å²) in [5.74, 6) is -0.409. The second-order valence-corrected chi connectivity index (χ2v) is 12.8. The van der Waals surface area contributed by atoms with Gasteiger partial charge in [-0.05, 0) is 63.3 Å². The Morgan fingerprint density at radius 2 is 1.84 bits per heavy atom. The molecule has 4 rings (SSSR count). The third-order valence-electron chi connectivity index (χ3n) is 8.64. The molecule has 8 atom stereocenters. The van der Waals surface area contributed by atoms with Gasteiger partial charge in [0.1, 0.15) is 6.10 Å². The quantitative estimate of drug-likeness (QED) is 0.103. The fraction of sp³-hybridized carbons (Fsp3) is 0.571. The number of allylic oxidation sites excluding steroid dienone is 2. The number of anilines is 1. The summed E-state index contributed by atoms with van der Waals surface area (Å²) in [5.41, 5.74) is 8.36. The number of ether oxygens (including phenoxy) is 4. The standard InChI is InChI=1S/C35H49N3O7/c1-22(7-14-32-23(2)16-31(25(4)44-32)38-33(40)15-8-24(3)43-26(5)39)6-13-29-18-35(21-42-35)19-30(45-29)17-34(41)37-20-27-9-11-28(36)12-10-27/h6-13,15,23-25,29-32H,14,16-21,36H2,1-5H3,(H,37,41)(H,38,40)/b13-6+,15-8?,22-7+/t23-,24?,25+,29+,30+,31+,32-,35+/m0/s1. The summed E-state index contributed by atoms with van der Waals surface area (Å²) in [6.45, 7) is 10.4. The fourth-order valence-corrected chi connectivity index (χ4v) is 5.99. The molecule has 1 aromatic rings. The van der Waals surface area contributed by atoms with E-state index in [1.165, 1.54) is 13.0 Å². The predicted octanol–water partition coefficient (Wildman–Crippen LogP) is 4.29. The van der Waals surface area contributed by atoms with Gasteiger partial charge in [-0.25, -0.2) is 0 Å². The molecule has 0 radical (unpaired) electrons. The van der Waals surface area contributed by atoms with Gasteiger partial charge >= 0.3 is 5.97 Å². The Balaban J connectivity index is 1.22. The van der Waals surface area contributed by atoms with Gasteiger partial charge in [-0.2, -0.15) is 0 Å². The number of hydrogen-bond acceptors (Lipinski definition) is 8. The first-order valence-electron chi connectivity index (χ1n) is 16.0. The van der Waals surface area contributed by atoms with Crippen molar-refractivity contribution in [1.29, 1.82) is 0 Å². The van der Waals surface area contributed by atoms with E-state index in [-0.39, 0.29) is 59.8 Å². The molecule has 1 aromatic carbocycles. The van der Waals surface area contributed by atoms with Gasteiger partial charge in [0, 0.05) is 38.1 Å². The van der Waals surface area contributed by atoms with Crippen LogP contribution in [0, 0.1) is 5.92 Å². The van der Waals surface area contributed by atoms with Crippen molar-refractivity contribution in [2.24, 2.45) is 5.92 Å². The first-order valence-corrected chi connectivity index (χ1v) is 16.0. The summed E-state index contributed by atoms with van der Waals surface area (Å²) in [5, 5.41) is 6.00. The minimum Gasteiger partial charge on any atom is -0.459 e. The smallest absolute Gasteiger partial charge is 0.303 e. The van der Waals surface area contributed by atoms with Gasteiger partial charge in [-0.3, -0.25) is 14.4 Å². The van der Waals surface area contributed by atoms with Crippen molar-refractivity contribution < 1.29 is 33.3 Å². The largest absolute Gasteiger partial charge is 0.459 e. The van der Waals surface area contributed by atoms with Crippen molar-refractivity contribution in [3.05, 3.63) is 65.8 Å². The van der Waals surface area contributed by atoms with Crippen molar-refractivity contribution in [3.8, 4) is 0 Å². The molecule has 3 saturated heterocycles. The van der Waals surface area contributed by atoms with Crippen LogP contribution in [0.1, 0.15) is 72.3 Å². The van der Waals surface area contributed by atoms with E-state index in [1.54, 1.807) is 13.0 Å². The second kappa shape index (κ2) is 15.7. The molecule has 10 nitrogen and oxygen atoms in total. The summed E-state index contributed by atoms with van der Waals surface area (Å²) in [4.78, 5) is 36.1. The van der Waals surface area contributed by atoms with Gasteiger partial charge in [0.25, 0.3) is 0 Å². The normalized spacial score (nSPS) is 30.7. The maximum Gasteiger partial charge on any atom is 0.303 e. The van der Waals surface area contributed by atoms with Crippen LogP contribution in [0.15, 0.2) is 60.2 Å². The maximum atomic E-state index is 12.7. The van der Waals surface area contributed by atoms with Crippen molar-refractivity contribution in [2.75, 3.05) is 12.3 Å². The molecule has 246 valence electrons. The van der Waals surface area contributed by atoms with E-state index in [4.69, 9.17) is 24.7 Å². The summed E-state index contributed by atoms with van der Waals surface area (Å²) in [6, 6.07) is 7.37. The lowest BCUT2D eigenvalue weighted by Crippen LogP contribution is -2.50. The van der Waals surface area contributed by atoms with E-state index in [0.29, 0.717) is 25.3 Å². The molecule has 0 aliphatic carbocycles.